The van der Waals surface area contributed by atoms with Crippen molar-refractivity contribution < 1.29 is 0 Å². The first-order valence-corrected chi connectivity index (χ1v) is 12.6. The quantitative estimate of drug-likeness (QED) is 0.414. The van der Waals surface area contributed by atoms with Crippen molar-refractivity contribution in [1.29, 1.82) is 0 Å². The van der Waals surface area contributed by atoms with Crippen LogP contribution in [0.2, 0.25) is 0 Å². The normalized spacial score (nSPS) is 18.0. The van der Waals surface area contributed by atoms with Gasteiger partial charge in [-0.1, -0.05) is 47.3 Å². The number of fused-ring (bicyclic) bond motifs is 1. The van der Waals surface area contributed by atoms with Gasteiger partial charge in [-0.2, -0.15) is 9.78 Å². The molecule has 166 valence electrons. The molecule has 2 heterocycles. The van der Waals surface area contributed by atoms with Crippen molar-refractivity contribution in [3.63, 3.8) is 0 Å². The van der Waals surface area contributed by atoms with Gasteiger partial charge in [0.2, 0.25) is 0 Å². The summed E-state index contributed by atoms with van der Waals surface area (Å²) in [5.41, 5.74) is 2.90. The summed E-state index contributed by atoms with van der Waals surface area (Å²) in [7, 11) is 0. The van der Waals surface area contributed by atoms with Crippen molar-refractivity contribution in [3.8, 4) is 0 Å². The number of rotatable bonds is 4. The lowest BCUT2D eigenvalue weighted by molar-refractivity contribution is 0.416. The molecule has 0 unspecified atom stereocenters. The summed E-state index contributed by atoms with van der Waals surface area (Å²) in [5.74, 6) is 1.08. The number of nitrogens with zero attached hydrogens (tertiary/aromatic N) is 4. The fraction of sp³-hybridized carbons (Fsp3) is 0.423. The molecule has 2 aromatic carbocycles. The maximum atomic E-state index is 13.4. The molecule has 6 heteroatoms. The average Bonchev–Trinajstić information content (AvgIpc) is 2.85. The van der Waals surface area contributed by atoms with Gasteiger partial charge >= 0.3 is 0 Å². The Morgan fingerprint density at radius 1 is 0.938 bits per heavy atom. The lowest BCUT2D eigenvalue weighted by Crippen LogP contribution is -2.29. The lowest BCUT2D eigenvalue weighted by atomic mass is 9.88. The molecule has 0 spiro atoms. The Kier molecular flexibility index (Phi) is 6.39. The highest BCUT2D eigenvalue weighted by molar-refractivity contribution is 9.10. The first-order chi connectivity index (χ1) is 15.7. The first-order valence-electron chi connectivity index (χ1n) is 11.8. The standard InChI is InChI=1S/C26H29BrN4O/c27-21-11-14-24-23(17-21)26(32)31(25(29-24)20-7-3-1-4-8-20)28-18-19-9-12-22(13-10-19)30-15-5-2-6-16-30/h9-14,17-18,20H,1-8,15-16H2. The van der Waals surface area contributed by atoms with Crippen LogP contribution in [0.4, 0.5) is 5.69 Å². The molecule has 2 aliphatic rings. The summed E-state index contributed by atoms with van der Waals surface area (Å²) in [4.78, 5) is 20.8. The van der Waals surface area contributed by atoms with Crippen LogP contribution in [0.1, 0.15) is 68.7 Å². The van der Waals surface area contributed by atoms with Crippen LogP contribution in [0.25, 0.3) is 10.9 Å². The van der Waals surface area contributed by atoms with E-state index >= 15 is 0 Å². The van der Waals surface area contributed by atoms with Crippen molar-refractivity contribution in [2.75, 3.05) is 18.0 Å². The Balaban J connectivity index is 1.49. The molecule has 2 fully saturated rings. The molecular formula is C26H29BrN4O. The van der Waals surface area contributed by atoms with Crippen LogP contribution >= 0.6 is 15.9 Å². The zero-order valence-electron chi connectivity index (χ0n) is 18.3. The van der Waals surface area contributed by atoms with Crippen molar-refractivity contribution in [1.82, 2.24) is 9.66 Å². The van der Waals surface area contributed by atoms with Gasteiger partial charge in [0, 0.05) is 29.2 Å². The Morgan fingerprint density at radius 2 is 1.66 bits per heavy atom. The molecule has 0 N–H and O–H groups in total. The van der Waals surface area contributed by atoms with E-state index in [1.54, 1.807) is 10.9 Å². The molecule has 0 amide bonds. The van der Waals surface area contributed by atoms with Crippen LogP contribution in [-0.4, -0.2) is 29.0 Å². The molecule has 1 aliphatic carbocycles. The van der Waals surface area contributed by atoms with Crippen molar-refractivity contribution in [3.05, 3.63) is 68.7 Å². The molecular weight excluding hydrogens is 464 g/mol. The summed E-state index contributed by atoms with van der Waals surface area (Å²) < 4.78 is 2.42. The maximum Gasteiger partial charge on any atom is 0.282 e. The number of piperidine rings is 1. The van der Waals surface area contributed by atoms with Crippen LogP contribution < -0.4 is 10.5 Å². The number of hydrogen-bond donors (Lipinski definition) is 0. The van der Waals surface area contributed by atoms with E-state index in [4.69, 9.17) is 4.98 Å². The number of anilines is 1. The molecule has 3 aromatic rings. The topological polar surface area (TPSA) is 50.5 Å². The average molecular weight is 493 g/mol. The van der Waals surface area contributed by atoms with E-state index in [9.17, 15) is 4.79 Å². The Morgan fingerprint density at radius 3 is 2.41 bits per heavy atom. The molecule has 1 aromatic heterocycles. The Hall–Kier alpha value is -2.47. The molecule has 5 nitrogen and oxygen atoms in total. The van der Waals surface area contributed by atoms with Gasteiger partial charge in [0.05, 0.1) is 17.1 Å². The van der Waals surface area contributed by atoms with Gasteiger partial charge in [-0.15, -0.1) is 0 Å². The molecule has 0 atom stereocenters. The van der Waals surface area contributed by atoms with Crippen LogP contribution in [-0.2, 0) is 0 Å². The third-order valence-corrected chi connectivity index (χ3v) is 7.23. The summed E-state index contributed by atoms with van der Waals surface area (Å²) in [6.07, 6.45) is 11.4. The Labute approximate surface area is 197 Å². The van der Waals surface area contributed by atoms with E-state index in [0.29, 0.717) is 5.39 Å². The zero-order valence-corrected chi connectivity index (χ0v) is 19.9. The van der Waals surface area contributed by atoms with Crippen molar-refractivity contribution in [2.45, 2.75) is 57.3 Å². The minimum atomic E-state index is -0.0990. The summed E-state index contributed by atoms with van der Waals surface area (Å²) >= 11 is 3.48. The SMILES string of the molecule is O=c1c2cc(Br)ccc2nc(C2CCCCC2)n1N=Cc1ccc(N2CCCCC2)cc1. The number of halogens is 1. The third-order valence-electron chi connectivity index (χ3n) is 6.74. The van der Waals surface area contributed by atoms with E-state index in [-0.39, 0.29) is 11.5 Å². The second-order valence-corrected chi connectivity index (χ2v) is 9.88. The first kappa shape index (κ1) is 21.4. The minimum Gasteiger partial charge on any atom is -0.372 e. The van der Waals surface area contributed by atoms with E-state index < -0.39 is 0 Å². The lowest BCUT2D eigenvalue weighted by Gasteiger charge is -2.28. The number of benzene rings is 2. The van der Waals surface area contributed by atoms with Crippen molar-refractivity contribution >= 4 is 38.7 Å². The van der Waals surface area contributed by atoms with Gasteiger partial charge in [0.1, 0.15) is 5.82 Å². The van der Waals surface area contributed by atoms with Gasteiger partial charge in [-0.3, -0.25) is 4.79 Å². The maximum absolute atomic E-state index is 13.4. The van der Waals surface area contributed by atoms with E-state index in [2.05, 4.69) is 50.2 Å². The highest BCUT2D eigenvalue weighted by Crippen LogP contribution is 2.32. The fourth-order valence-corrected chi connectivity index (χ4v) is 5.31. The fourth-order valence-electron chi connectivity index (χ4n) is 4.95. The minimum absolute atomic E-state index is 0.0990. The second kappa shape index (κ2) is 9.57. The van der Waals surface area contributed by atoms with Crippen LogP contribution in [0.5, 0.6) is 0 Å². The summed E-state index contributed by atoms with van der Waals surface area (Å²) in [5, 5.41) is 5.25. The summed E-state index contributed by atoms with van der Waals surface area (Å²) in [6.45, 7) is 2.26. The van der Waals surface area contributed by atoms with Gasteiger partial charge in [-0.25, -0.2) is 4.98 Å². The molecule has 32 heavy (non-hydrogen) atoms. The van der Waals surface area contributed by atoms with Gasteiger partial charge < -0.3 is 4.90 Å². The van der Waals surface area contributed by atoms with E-state index in [0.717, 1.165) is 47.3 Å². The molecule has 1 aliphatic heterocycles. The second-order valence-electron chi connectivity index (χ2n) is 8.97. The number of aromatic nitrogens is 2. The van der Waals surface area contributed by atoms with E-state index in [1.807, 2.05) is 18.2 Å². The zero-order chi connectivity index (χ0) is 21.9. The largest absolute Gasteiger partial charge is 0.372 e. The van der Waals surface area contributed by atoms with Gasteiger partial charge in [-0.05, 0) is 68.0 Å². The third kappa shape index (κ3) is 4.51. The highest BCUT2D eigenvalue weighted by Gasteiger charge is 2.22. The van der Waals surface area contributed by atoms with Crippen molar-refractivity contribution in [2.24, 2.45) is 5.10 Å². The predicted octanol–water partition coefficient (Wildman–Crippen LogP) is 6.08. The van der Waals surface area contributed by atoms with E-state index in [1.165, 1.54) is 44.2 Å². The summed E-state index contributed by atoms with van der Waals surface area (Å²) in [6, 6.07) is 14.2. The number of hydrogen-bond acceptors (Lipinski definition) is 4. The predicted molar refractivity (Wildman–Crippen MR) is 135 cm³/mol. The van der Waals surface area contributed by atoms with Gasteiger partial charge in [0.25, 0.3) is 5.56 Å². The smallest absolute Gasteiger partial charge is 0.282 e. The molecule has 5 rings (SSSR count). The molecule has 0 radical (unpaired) electrons. The van der Waals surface area contributed by atoms with Crippen LogP contribution in [0.3, 0.4) is 0 Å². The van der Waals surface area contributed by atoms with Crippen LogP contribution in [0.15, 0.2) is 56.8 Å². The van der Waals surface area contributed by atoms with Gasteiger partial charge in [0.15, 0.2) is 0 Å². The monoisotopic (exact) mass is 492 g/mol. The highest BCUT2D eigenvalue weighted by atomic mass is 79.9. The molecule has 1 saturated carbocycles. The van der Waals surface area contributed by atoms with Crippen LogP contribution in [0, 0.1) is 0 Å². The molecule has 1 saturated heterocycles. The Bertz CT molecular complexity index is 1170. The molecule has 0 bridgehead atoms.